The van der Waals surface area contributed by atoms with Gasteiger partial charge in [-0.05, 0) is 38.5 Å². The van der Waals surface area contributed by atoms with Crippen molar-refractivity contribution in [2.75, 3.05) is 39.4 Å². The highest BCUT2D eigenvalue weighted by molar-refractivity contribution is 4.84. The molecule has 2 rings (SSSR count). The molecule has 0 amide bonds. The van der Waals surface area contributed by atoms with Gasteiger partial charge in [-0.15, -0.1) is 0 Å². The van der Waals surface area contributed by atoms with Gasteiger partial charge in [-0.3, -0.25) is 4.90 Å². The maximum absolute atomic E-state index is 10.6. The van der Waals surface area contributed by atoms with Crippen LogP contribution in [0.4, 0.5) is 0 Å². The Bertz CT molecular complexity index is 270. The van der Waals surface area contributed by atoms with Crippen LogP contribution in [-0.2, 0) is 4.74 Å². The molecule has 2 fully saturated rings. The van der Waals surface area contributed by atoms with E-state index in [1.54, 1.807) is 0 Å². The van der Waals surface area contributed by atoms with Crippen molar-refractivity contribution >= 4 is 0 Å². The summed E-state index contributed by atoms with van der Waals surface area (Å²) in [4.78, 5) is 2.30. The summed E-state index contributed by atoms with van der Waals surface area (Å²) in [5.41, 5.74) is -0.640. The number of β-amino-alcohol motifs (C(OH)–C–C–N with tert-alkyl or cyclic N) is 1. The molecular weight excluding hydrogens is 252 g/mol. The lowest BCUT2D eigenvalue weighted by Gasteiger charge is -2.36. The quantitative estimate of drug-likeness (QED) is 0.778. The predicted octanol–water partition coefficient (Wildman–Crippen LogP) is 1.63. The van der Waals surface area contributed by atoms with Crippen LogP contribution < -0.4 is 5.32 Å². The molecule has 1 aliphatic heterocycles. The Balaban J connectivity index is 1.66. The highest BCUT2D eigenvalue weighted by atomic mass is 16.5. The van der Waals surface area contributed by atoms with Gasteiger partial charge in [-0.2, -0.15) is 0 Å². The summed E-state index contributed by atoms with van der Waals surface area (Å²) in [6.07, 6.45) is 6.55. The smallest absolute Gasteiger partial charge is 0.0869 e. The van der Waals surface area contributed by atoms with Gasteiger partial charge in [-0.25, -0.2) is 0 Å². The third-order valence-electron chi connectivity index (χ3n) is 4.86. The molecule has 118 valence electrons. The fraction of sp³-hybridized carbons (Fsp3) is 1.00. The molecule has 1 saturated heterocycles. The van der Waals surface area contributed by atoms with Crippen molar-refractivity contribution in [2.45, 2.75) is 57.6 Å². The van der Waals surface area contributed by atoms with Gasteiger partial charge >= 0.3 is 0 Å². The predicted molar refractivity (Wildman–Crippen MR) is 81.9 cm³/mol. The van der Waals surface area contributed by atoms with Crippen LogP contribution in [0.3, 0.4) is 0 Å². The molecule has 1 heterocycles. The van der Waals surface area contributed by atoms with Gasteiger partial charge in [0.2, 0.25) is 0 Å². The van der Waals surface area contributed by atoms with E-state index in [9.17, 15) is 5.11 Å². The zero-order valence-electron chi connectivity index (χ0n) is 13.2. The number of rotatable bonds is 6. The summed E-state index contributed by atoms with van der Waals surface area (Å²) in [6.45, 7) is 9.17. The lowest BCUT2D eigenvalue weighted by Crippen LogP contribution is -2.52. The molecule has 2 aliphatic rings. The van der Waals surface area contributed by atoms with Gasteiger partial charge in [0.1, 0.15) is 0 Å². The van der Waals surface area contributed by atoms with Crippen molar-refractivity contribution < 1.29 is 9.84 Å². The molecule has 0 spiro atoms. The van der Waals surface area contributed by atoms with Crippen molar-refractivity contribution in [2.24, 2.45) is 5.92 Å². The molecule has 1 atom stereocenters. The first-order chi connectivity index (χ1) is 9.59. The van der Waals surface area contributed by atoms with Crippen molar-refractivity contribution in [3.05, 3.63) is 0 Å². The minimum Gasteiger partial charge on any atom is -0.388 e. The monoisotopic (exact) mass is 284 g/mol. The number of nitrogens with one attached hydrogen (secondary N) is 1. The van der Waals surface area contributed by atoms with E-state index in [4.69, 9.17) is 4.74 Å². The number of hydrogen-bond donors (Lipinski definition) is 2. The van der Waals surface area contributed by atoms with E-state index in [1.807, 2.05) is 6.92 Å². The molecule has 1 aliphatic carbocycles. The summed E-state index contributed by atoms with van der Waals surface area (Å²) < 4.78 is 5.35. The molecule has 0 bridgehead atoms. The summed E-state index contributed by atoms with van der Waals surface area (Å²) in [6, 6.07) is 0.606. The molecule has 4 nitrogen and oxygen atoms in total. The van der Waals surface area contributed by atoms with E-state index in [0.717, 1.165) is 38.8 Å². The van der Waals surface area contributed by atoms with Gasteiger partial charge in [0.15, 0.2) is 0 Å². The minimum absolute atomic E-state index is 0.606. The van der Waals surface area contributed by atoms with Gasteiger partial charge in [-0.1, -0.05) is 13.3 Å². The standard InChI is InChI=1S/C16H32N2O2/c1-3-14-4-6-15(7-5-14)17-12-16(2,19)13-18-8-10-20-11-9-18/h14-15,17,19H,3-13H2,1-2H3. The topological polar surface area (TPSA) is 44.7 Å². The fourth-order valence-electron chi connectivity index (χ4n) is 3.44. The van der Waals surface area contributed by atoms with Crippen molar-refractivity contribution in [3.8, 4) is 0 Å². The first-order valence-electron chi connectivity index (χ1n) is 8.35. The second-order valence-electron chi connectivity index (χ2n) is 6.89. The number of hydrogen-bond acceptors (Lipinski definition) is 4. The van der Waals surface area contributed by atoms with Gasteiger partial charge in [0, 0.05) is 32.2 Å². The van der Waals surface area contributed by atoms with E-state index in [1.165, 1.54) is 32.1 Å². The Morgan fingerprint density at radius 3 is 2.45 bits per heavy atom. The van der Waals surface area contributed by atoms with Crippen LogP contribution in [-0.4, -0.2) is 61.0 Å². The van der Waals surface area contributed by atoms with Crippen LogP contribution in [0.5, 0.6) is 0 Å². The van der Waals surface area contributed by atoms with E-state index in [0.29, 0.717) is 12.6 Å². The summed E-state index contributed by atoms with van der Waals surface area (Å²) >= 11 is 0. The summed E-state index contributed by atoms with van der Waals surface area (Å²) in [5.74, 6) is 0.932. The molecule has 0 aromatic heterocycles. The normalized spacial score (nSPS) is 31.9. The molecule has 1 unspecified atom stereocenters. The molecule has 2 N–H and O–H groups in total. The first-order valence-corrected chi connectivity index (χ1v) is 8.35. The molecule has 1 saturated carbocycles. The van der Waals surface area contributed by atoms with Crippen LogP contribution >= 0.6 is 0 Å². The second-order valence-corrected chi connectivity index (χ2v) is 6.89. The Morgan fingerprint density at radius 1 is 1.20 bits per heavy atom. The number of aliphatic hydroxyl groups is 1. The minimum atomic E-state index is -0.640. The number of morpholine rings is 1. The number of ether oxygens (including phenoxy) is 1. The Hall–Kier alpha value is -0.160. The highest BCUT2D eigenvalue weighted by Gasteiger charge is 2.27. The van der Waals surface area contributed by atoms with E-state index >= 15 is 0 Å². The number of nitrogens with zero attached hydrogens (tertiary/aromatic N) is 1. The molecule has 0 radical (unpaired) electrons. The van der Waals surface area contributed by atoms with Crippen LogP contribution in [0.25, 0.3) is 0 Å². The fourth-order valence-corrected chi connectivity index (χ4v) is 3.44. The van der Waals surface area contributed by atoms with Crippen LogP contribution in [0.2, 0.25) is 0 Å². The van der Waals surface area contributed by atoms with Crippen LogP contribution in [0, 0.1) is 5.92 Å². The van der Waals surface area contributed by atoms with Gasteiger partial charge in [0.25, 0.3) is 0 Å². The van der Waals surface area contributed by atoms with Crippen molar-refractivity contribution in [3.63, 3.8) is 0 Å². The zero-order valence-corrected chi connectivity index (χ0v) is 13.2. The second kappa shape index (κ2) is 7.74. The molecule has 20 heavy (non-hydrogen) atoms. The summed E-state index contributed by atoms with van der Waals surface area (Å²) in [5, 5.41) is 14.1. The maximum atomic E-state index is 10.6. The lowest BCUT2D eigenvalue weighted by atomic mass is 9.84. The van der Waals surface area contributed by atoms with Gasteiger partial charge < -0.3 is 15.2 Å². The molecule has 0 aromatic rings. The van der Waals surface area contributed by atoms with E-state index in [2.05, 4.69) is 17.1 Å². The average Bonchev–Trinajstić information content (AvgIpc) is 2.46. The lowest BCUT2D eigenvalue weighted by molar-refractivity contribution is -0.0234. The zero-order chi connectivity index (χ0) is 14.4. The van der Waals surface area contributed by atoms with Crippen molar-refractivity contribution in [1.29, 1.82) is 0 Å². The van der Waals surface area contributed by atoms with E-state index < -0.39 is 5.60 Å². The van der Waals surface area contributed by atoms with Gasteiger partial charge in [0.05, 0.1) is 18.8 Å². The summed E-state index contributed by atoms with van der Waals surface area (Å²) in [7, 11) is 0. The first kappa shape index (κ1) is 16.2. The Morgan fingerprint density at radius 2 is 1.85 bits per heavy atom. The third kappa shape index (κ3) is 5.32. The Kier molecular flexibility index (Phi) is 6.27. The Labute approximate surface area is 123 Å². The van der Waals surface area contributed by atoms with Crippen LogP contribution in [0.15, 0.2) is 0 Å². The largest absolute Gasteiger partial charge is 0.388 e. The molecule has 0 aromatic carbocycles. The highest BCUT2D eigenvalue weighted by Crippen LogP contribution is 2.26. The molecular formula is C16H32N2O2. The molecule has 4 heteroatoms. The third-order valence-corrected chi connectivity index (χ3v) is 4.86. The maximum Gasteiger partial charge on any atom is 0.0869 e. The average molecular weight is 284 g/mol. The SMILES string of the molecule is CCC1CCC(NCC(C)(O)CN2CCOCC2)CC1. The van der Waals surface area contributed by atoms with Crippen LogP contribution in [0.1, 0.15) is 46.0 Å². The van der Waals surface area contributed by atoms with E-state index in [-0.39, 0.29) is 0 Å². The van der Waals surface area contributed by atoms with Crippen molar-refractivity contribution in [1.82, 2.24) is 10.2 Å².